The van der Waals surface area contributed by atoms with Crippen LogP contribution in [0.15, 0.2) is 18.2 Å². The van der Waals surface area contributed by atoms with E-state index >= 15 is 0 Å². The van der Waals surface area contributed by atoms with Crippen molar-refractivity contribution in [2.75, 3.05) is 25.1 Å². The Labute approximate surface area is 132 Å². The van der Waals surface area contributed by atoms with Crippen LogP contribution in [0.3, 0.4) is 0 Å². The molecular formula is C14H17FN6O2. The van der Waals surface area contributed by atoms with Crippen LogP contribution < -0.4 is 10.6 Å². The molecule has 1 fully saturated rings. The van der Waals surface area contributed by atoms with Gasteiger partial charge in [-0.05, 0) is 42.0 Å². The second kappa shape index (κ2) is 6.69. The van der Waals surface area contributed by atoms with Gasteiger partial charge in [0.05, 0.1) is 6.61 Å². The quantitative estimate of drug-likeness (QED) is 0.885. The second-order valence-electron chi connectivity index (χ2n) is 5.37. The van der Waals surface area contributed by atoms with Crippen LogP contribution in [-0.4, -0.2) is 46.0 Å². The normalized spacial score (nSPS) is 17.2. The fourth-order valence-electron chi connectivity index (χ4n) is 2.36. The molecule has 2 N–H and O–H groups in total. The SMILES string of the molecule is Cc1nnnn1-c1cc(NC(=O)NCC2CCOC2)ccc1F. The number of amides is 2. The van der Waals surface area contributed by atoms with E-state index in [4.69, 9.17) is 4.74 Å². The molecule has 0 bridgehead atoms. The predicted molar refractivity (Wildman–Crippen MR) is 79.8 cm³/mol. The second-order valence-corrected chi connectivity index (χ2v) is 5.37. The van der Waals surface area contributed by atoms with Crippen LogP contribution in [0.2, 0.25) is 0 Å². The van der Waals surface area contributed by atoms with Crippen molar-refractivity contribution in [2.45, 2.75) is 13.3 Å². The van der Waals surface area contributed by atoms with Gasteiger partial charge in [-0.2, -0.15) is 4.68 Å². The predicted octanol–water partition coefficient (Wildman–Crippen LogP) is 1.27. The molecule has 1 aliphatic rings. The minimum atomic E-state index is -0.477. The highest BCUT2D eigenvalue weighted by molar-refractivity contribution is 5.89. The summed E-state index contributed by atoms with van der Waals surface area (Å²) in [6.07, 6.45) is 0.944. The van der Waals surface area contributed by atoms with E-state index in [2.05, 4.69) is 26.2 Å². The molecule has 1 aromatic carbocycles. The smallest absolute Gasteiger partial charge is 0.319 e. The van der Waals surface area contributed by atoms with Gasteiger partial charge in [-0.15, -0.1) is 5.10 Å². The van der Waals surface area contributed by atoms with Crippen molar-refractivity contribution in [2.24, 2.45) is 5.92 Å². The minimum Gasteiger partial charge on any atom is -0.381 e. The maximum atomic E-state index is 13.9. The first-order chi connectivity index (χ1) is 11.1. The van der Waals surface area contributed by atoms with Crippen LogP contribution in [-0.2, 0) is 4.74 Å². The Balaban J connectivity index is 1.66. The lowest BCUT2D eigenvalue weighted by atomic mass is 10.1. The van der Waals surface area contributed by atoms with E-state index in [0.717, 1.165) is 13.0 Å². The Morgan fingerprint density at radius 1 is 1.52 bits per heavy atom. The van der Waals surface area contributed by atoms with Gasteiger partial charge < -0.3 is 15.4 Å². The van der Waals surface area contributed by atoms with Gasteiger partial charge in [0.1, 0.15) is 11.5 Å². The zero-order valence-corrected chi connectivity index (χ0v) is 12.6. The number of tetrazole rings is 1. The third-order valence-electron chi connectivity index (χ3n) is 3.63. The summed E-state index contributed by atoms with van der Waals surface area (Å²) >= 11 is 0. The van der Waals surface area contributed by atoms with Gasteiger partial charge in [0.2, 0.25) is 0 Å². The van der Waals surface area contributed by atoms with E-state index in [9.17, 15) is 9.18 Å². The van der Waals surface area contributed by atoms with Crippen molar-refractivity contribution in [1.82, 2.24) is 25.5 Å². The number of halogens is 1. The van der Waals surface area contributed by atoms with Crippen LogP contribution in [0.4, 0.5) is 14.9 Å². The number of rotatable bonds is 4. The zero-order chi connectivity index (χ0) is 16.2. The van der Waals surface area contributed by atoms with E-state index < -0.39 is 5.82 Å². The number of carbonyl (C=O) groups excluding carboxylic acids is 1. The molecule has 8 nitrogen and oxygen atoms in total. The van der Waals surface area contributed by atoms with Crippen molar-refractivity contribution in [3.05, 3.63) is 29.8 Å². The van der Waals surface area contributed by atoms with Crippen molar-refractivity contribution < 1.29 is 13.9 Å². The fraction of sp³-hybridized carbons (Fsp3) is 0.429. The summed E-state index contributed by atoms with van der Waals surface area (Å²) in [5.74, 6) is 0.314. The molecule has 2 amide bonds. The number of urea groups is 1. The summed E-state index contributed by atoms with van der Waals surface area (Å²) in [4.78, 5) is 11.9. The summed E-state index contributed by atoms with van der Waals surface area (Å²) in [6.45, 7) is 3.61. The molecule has 0 radical (unpaired) electrons. The lowest BCUT2D eigenvalue weighted by Gasteiger charge is -2.12. The third kappa shape index (κ3) is 3.62. The lowest BCUT2D eigenvalue weighted by molar-refractivity contribution is 0.185. The first-order valence-electron chi connectivity index (χ1n) is 7.31. The van der Waals surface area contributed by atoms with Crippen molar-refractivity contribution in [3.63, 3.8) is 0 Å². The Morgan fingerprint density at radius 2 is 2.39 bits per heavy atom. The molecule has 9 heteroatoms. The van der Waals surface area contributed by atoms with Gasteiger partial charge in [-0.3, -0.25) is 0 Å². The molecule has 3 rings (SSSR count). The van der Waals surface area contributed by atoms with E-state index in [0.29, 0.717) is 30.6 Å². The number of nitrogens with zero attached hydrogens (tertiary/aromatic N) is 4. The van der Waals surface area contributed by atoms with Crippen LogP contribution >= 0.6 is 0 Å². The lowest BCUT2D eigenvalue weighted by Crippen LogP contribution is -2.33. The van der Waals surface area contributed by atoms with Gasteiger partial charge in [-0.1, -0.05) is 0 Å². The van der Waals surface area contributed by atoms with Gasteiger partial charge in [0.15, 0.2) is 5.82 Å². The Kier molecular flexibility index (Phi) is 4.47. The van der Waals surface area contributed by atoms with E-state index in [-0.39, 0.29) is 11.7 Å². The van der Waals surface area contributed by atoms with Crippen LogP contribution in [0, 0.1) is 18.7 Å². The number of ether oxygens (including phenoxy) is 1. The Morgan fingerprint density at radius 3 is 3.09 bits per heavy atom. The molecule has 2 aromatic rings. The largest absolute Gasteiger partial charge is 0.381 e. The van der Waals surface area contributed by atoms with Crippen molar-refractivity contribution >= 4 is 11.7 Å². The van der Waals surface area contributed by atoms with Gasteiger partial charge in [0, 0.05) is 24.8 Å². The molecule has 1 unspecified atom stereocenters. The van der Waals surface area contributed by atoms with Crippen LogP contribution in [0.5, 0.6) is 0 Å². The monoisotopic (exact) mass is 320 g/mol. The highest BCUT2D eigenvalue weighted by Crippen LogP contribution is 2.19. The van der Waals surface area contributed by atoms with Gasteiger partial charge >= 0.3 is 6.03 Å². The highest BCUT2D eigenvalue weighted by Gasteiger charge is 2.16. The number of hydrogen-bond donors (Lipinski definition) is 2. The number of benzene rings is 1. The number of anilines is 1. The molecule has 1 atom stereocenters. The van der Waals surface area contributed by atoms with E-state index in [1.165, 1.54) is 22.9 Å². The number of carbonyl (C=O) groups is 1. The first-order valence-corrected chi connectivity index (χ1v) is 7.31. The summed E-state index contributed by atoms with van der Waals surface area (Å²) in [5.41, 5.74) is 0.631. The molecule has 23 heavy (non-hydrogen) atoms. The maximum absolute atomic E-state index is 13.9. The average molecular weight is 320 g/mol. The molecule has 0 saturated carbocycles. The molecule has 1 aliphatic heterocycles. The zero-order valence-electron chi connectivity index (χ0n) is 12.6. The Hall–Kier alpha value is -2.55. The van der Waals surface area contributed by atoms with Gasteiger partial charge in [0.25, 0.3) is 0 Å². The highest BCUT2D eigenvalue weighted by atomic mass is 19.1. The summed E-state index contributed by atoms with van der Waals surface area (Å²) in [7, 11) is 0. The van der Waals surface area contributed by atoms with E-state index in [1.54, 1.807) is 6.92 Å². The average Bonchev–Trinajstić information content (AvgIpc) is 3.19. The van der Waals surface area contributed by atoms with Crippen LogP contribution in [0.25, 0.3) is 5.69 Å². The summed E-state index contributed by atoms with van der Waals surface area (Å²) in [6, 6.07) is 3.88. The molecule has 0 aliphatic carbocycles. The maximum Gasteiger partial charge on any atom is 0.319 e. The molecule has 0 spiro atoms. The Bertz CT molecular complexity index is 698. The molecule has 1 aromatic heterocycles. The summed E-state index contributed by atoms with van der Waals surface area (Å²) in [5, 5.41) is 16.4. The number of aromatic nitrogens is 4. The summed E-state index contributed by atoms with van der Waals surface area (Å²) < 4.78 is 20.5. The number of nitrogens with one attached hydrogen (secondary N) is 2. The topological polar surface area (TPSA) is 94.0 Å². The van der Waals surface area contributed by atoms with Crippen molar-refractivity contribution in [3.8, 4) is 5.69 Å². The van der Waals surface area contributed by atoms with E-state index in [1.807, 2.05) is 0 Å². The first kappa shape index (κ1) is 15.3. The molecular weight excluding hydrogens is 303 g/mol. The molecule has 1 saturated heterocycles. The third-order valence-corrected chi connectivity index (χ3v) is 3.63. The molecule has 122 valence electrons. The number of aryl methyl sites for hydroxylation is 1. The van der Waals surface area contributed by atoms with Crippen LogP contribution in [0.1, 0.15) is 12.2 Å². The fourth-order valence-corrected chi connectivity index (χ4v) is 2.36. The minimum absolute atomic E-state index is 0.175. The van der Waals surface area contributed by atoms with Crippen molar-refractivity contribution in [1.29, 1.82) is 0 Å². The van der Waals surface area contributed by atoms with Gasteiger partial charge in [-0.25, -0.2) is 9.18 Å². The number of hydrogen-bond acceptors (Lipinski definition) is 5. The molecule has 2 heterocycles. The standard InChI is InChI=1S/C14H17FN6O2/c1-9-18-19-20-21(9)13-6-11(2-3-12(13)15)17-14(22)16-7-10-4-5-23-8-10/h2-3,6,10H,4-5,7-8H2,1H3,(H2,16,17,22).